The van der Waals surface area contributed by atoms with Crippen LogP contribution in [0.2, 0.25) is 10.3 Å². The third kappa shape index (κ3) is 2.94. The van der Waals surface area contributed by atoms with Gasteiger partial charge in [-0.2, -0.15) is 0 Å². The molecule has 1 aliphatic rings. The number of hydrogen-bond donors (Lipinski definition) is 1. The van der Waals surface area contributed by atoms with Crippen molar-refractivity contribution >= 4 is 34.8 Å². The van der Waals surface area contributed by atoms with Crippen molar-refractivity contribution in [1.29, 1.82) is 0 Å². The van der Waals surface area contributed by atoms with Gasteiger partial charge < -0.3 is 10.1 Å². The van der Waals surface area contributed by atoms with E-state index in [0.29, 0.717) is 17.4 Å². The molecule has 0 aliphatic carbocycles. The smallest absolute Gasteiger partial charge is 0.230 e. The lowest BCUT2D eigenvalue weighted by Crippen LogP contribution is -2.23. The van der Waals surface area contributed by atoms with Gasteiger partial charge in [0.05, 0.1) is 24.3 Å². The number of nitrogens with zero attached hydrogens (tertiary/aromatic N) is 1. The molecule has 0 bridgehead atoms. The SMILES string of the molecule is Cc1cc(Cl)nc(Cl)c1NC(=O)C1COC(C)C1. The van der Waals surface area contributed by atoms with Gasteiger partial charge in [-0.05, 0) is 31.9 Å². The Morgan fingerprint density at radius 1 is 1.56 bits per heavy atom. The van der Waals surface area contributed by atoms with Gasteiger partial charge in [0.25, 0.3) is 0 Å². The lowest BCUT2D eigenvalue weighted by atomic mass is 10.1. The van der Waals surface area contributed by atoms with Gasteiger partial charge in [-0.25, -0.2) is 4.98 Å². The number of hydrogen-bond acceptors (Lipinski definition) is 3. The van der Waals surface area contributed by atoms with Crippen LogP contribution in [0.15, 0.2) is 6.07 Å². The molecule has 0 radical (unpaired) electrons. The van der Waals surface area contributed by atoms with Crippen molar-refractivity contribution in [2.75, 3.05) is 11.9 Å². The van der Waals surface area contributed by atoms with E-state index in [0.717, 1.165) is 12.0 Å². The molecule has 1 aromatic rings. The molecule has 98 valence electrons. The van der Waals surface area contributed by atoms with Crippen LogP contribution in [0.5, 0.6) is 0 Å². The molecule has 1 aromatic heterocycles. The van der Waals surface area contributed by atoms with Gasteiger partial charge in [0, 0.05) is 0 Å². The molecular formula is C12H14Cl2N2O2. The Labute approximate surface area is 116 Å². The summed E-state index contributed by atoms with van der Waals surface area (Å²) in [6.07, 6.45) is 0.851. The van der Waals surface area contributed by atoms with Crippen LogP contribution < -0.4 is 5.32 Å². The molecule has 2 unspecified atom stereocenters. The van der Waals surface area contributed by atoms with Gasteiger partial charge in [0.15, 0.2) is 5.15 Å². The molecule has 2 rings (SSSR count). The Hall–Kier alpha value is -0.840. The Balaban J connectivity index is 2.12. The van der Waals surface area contributed by atoms with E-state index in [1.54, 1.807) is 6.07 Å². The van der Waals surface area contributed by atoms with Gasteiger partial charge in [-0.15, -0.1) is 0 Å². The molecule has 0 aromatic carbocycles. The summed E-state index contributed by atoms with van der Waals surface area (Å²) in [6, 6.07) is 1.66. The fourth-order valence-electron chi connectivity index (χ4n) is 1.97. The first kappa shape index (κ1) is 13.6. The normalized spacial score (nSPS) is 23.1. The Morgan fingerprint density at radius 2 is 2.28 bits per heavy atom. The van der Waals surface area contributed by atoms with E-state index in [-0.39, 0.29) is 23.1 Å². The van der Waals surface area contributed by atoms with Crippen LogP contribution in [0.3, 0.4) is 0 Å². The predicted octanol–water partition coefficient (Wildman–Crippen LogP) is 3.06. The zero-order valence-electron chi connectivity index (χ0n) is 10.2. The molecule has 2 atom stereocenters. The zero-order chi connectivity index (χ0) is 13.3. The van der Waals surface area contributed by atoms with Crippen LogP contribution in [0.4, 0.5) is 5.69 Å². The lowest BCUT2D eigenvalue weighted by Gasteiger charge is -2.12. The second-order valence-corrected chi connectivity index (χ2v) is 5.24. The molecule has 0 saturated carbocycles. The molecule has 1 amide bonds. The van der Waals surface area contributed by atoms with Crippen LogP contribution in [0.25, 0.3) is 0 Å². The van der Waals surface area contributed by atoms with Crippen molar-refractivity contribution in [1.82, 2.24) is 4.98 Å². The van der Waals surface area contributed by atoms with Crippen LogP contribution in [-0.2, 0) is 9.53 Å². The maximum Gasteiger partial charge on any atom is 0.230 e. The number of ether oxygens (including phenoxy) is 1. The molecule has 18 heavy (non-hydrogen) atoms. The van der Waals surface area contributed by atoms with E-state index < -0.39 is 0 Å². The number of carbonyl (C=O) groups is 1. The summed E-state index contributed by atoms with van der Waals surface area (Å²) in [5.74, 6) is -0.223. The van der Waals surface area contributed by atoms with E-state index >= 15 is 0 Å². The molecule has 1 aliphatic heterocycles. The molecule has 0 spiro atoms. The fourth-order valence-corrected chi connectivity index (χ4v) is 2.55. The summed E-state index contributed by atoms with van der Waals surface area (Å²) < 4.78 is 5.37. The predicted molar refractivity (Wildman–Crippen MR) is 71.1 cm³/mol. The number of nitrogens with one attached hydrogen (secondary N) is 1. The van der Waals surface area contributed by atoms with E-state index in [4.69, 9.17) is 27.9 Å². The number of aromatic nitrogens is 1. The molecule has 1 saturated heterocycles. The van der Waals surface area contributed by atoms with Crippen LogP contribution in [-0.4, -0.2) is 23.6 Å². The Kier molecular flexibility index (Phi) is 4.10. The molecule has 1 fully saturated rings. The van der Waals surface area contributed by atoms with Crippen molar-refractivity contribution in [2.45, 2.75) is 26.4 Å². The second kappa shape index (κ2) is 5.43. The summed E-state index contributed by atoms with van der Waals surface area (Å²) in [7, 11) is 0. The number of carbonyl (C=O) groups excluding carboxylic acids is 1. The van der Waals surface area contributed by atoms with Gasteiger partial charge in [0.1, 0.15) is 5.15 Å². The molecule has 2 heterocycles. The highest BCUT2D eigenvalue weighted by atomic mass is 35.5. The van der Waals surface area contributed by atoms with Gasteiger partial charge in [0.2, 0.25) is 5.91 Å². The van der Waals surface area contributed by atoms with Crippen LogP contribution >= 0.6 is 23.2 Å². The monoisotopic (exact) mass is 288 g/mol. The van der Waals surface area contributed by atoms with Gasteiger partial charge in [-0.3, -0.25) is 4.79 Å². The standard InChI is InChI=1S/C12H14Cl2N2O2/c1-6-3-9(13)15-11(14)10(6)16-12(17)8-4-7(2)18-5-8/h3,7-8H,4-5H2,1-2H3,(H,16,17). The quantitative estimate of drug-likeness (QED) is 0.851. The third-order valence-electron chi connectivity index (χ3n) is 2.96. The highest BCUT2D eigenvalue weighted by molar-refractivity contribution is 6.34. The van der Waals surface area contributed by atoms with E-state index in [9.17, 15) is 4.79 Å². The minimum absolute atomic E-state index is 0.0894. The molecule has 1 N–H and O–H groups in total. The number of pyridine rings is 1. The fraction of sp³-hybridized carbons (Fsp3) is 0.500. The lowest BCUT2D eigenvalue weighted by molar-refractivity contribution is -0.119. The maximum atomic E-state index is 12.0. The van der Waals surface area contributed by atoms with E-state index in [2.05, 4.69) is 10.3 Å². The van der Waals surface area contributed by atoms with Crippen molar-refractivity contribution in [3.8, 4) is 0 Å². The summed E-state index contributed by atoms with van der Waals surface area (Å²) in [4.78, 5) is 16.0. The first-order chi connectivity index (χ1) is 8.47. The number of amides is 1. The van der Waals surface area contributed by atoms with E-state index in [1.807, 2.05) is 13.8 Å². The van der Waals surface area contributed by atoms with Crippen LogP contribution in [0, 0.1) is 12.8 Å². The summed E-state index contributed by atoms with van der Waals surface area (Å²) in [5, 5.41) is 3.32. The number of aryl methyl sites for hydroxylation is 1. The van der Waals surface area contributed by atoms with E-state index in [1.165, 1.54) is 0 Å². The second-order valence-electron chi connectivity index (χ2n) is 4.49. The zero-order valence-corrected chi connectivity index (χ0v) is 11.7. The van der Waals surface area contributed by atoms with Crippen molar-refractivity contribution in [2.24, 2.45) is 5.92 Å². The largest absolute Gasteiger partial charge is 0.378 e. The Bertz CT molecular complexity index is 456. The highest BCUT2D eigenvalue weighted by Gasteiger charge is 2.29. The number of anilines is 1. The highest BCUT2D eigenvalue weighted by Crippen LogP contribution is 2.28. The number of halogens is 2. The van der Waals surface area contributed by atoms with Crippen molar-refractivity contribution < 1.29 is 9.53 Å². The minimum atomic E-state index is -0.133. The van der Waals surface area contributed by atoms with Crippen molar-refractivity contribution in [3.05, 3.63) is 21.9 Å². The summed E-state index contributed by atoms with van der Waals surface area (Å²) >= 11 is 11.7. The first-order valence-electron chi connectivity index (χ1n) is 5.72. The topological polar surface area (TPSA) is 51.2 Å². The van der Waals surface area contributed by atoms with Crippen LogP contribution in [0.1, 0.15) is 18.9 Å². The third-order valence-corrected chi connectivity index (χ3v) is 3.43. The first-order valence-corrected chi connectivity index (χ1v) is 6.48. The average molecular weight is 289 g/mol. The molecule has 4 nitrogen and oxygen atoms in total. The summed E-state index contributed by atoms with van der Waals surface area (Å²) in [5.41, 5.74) is 1.31. The average Bonchev–Trinajstić information content (AvgIpc) is 2.70. The molecular weight excluding hydrogens is 275 g/mol. The maximum absolute atomic E-state index is 12.0. The number of rotatable bonds is 2. The van der Waals surface area contributed by atoms with Gasteiger partial charge in [-0.1, -0.05) is 23.2 Å². The summed E-state index contributed by atoms with van der Waals surface area (Å²) in [6.45, 7) is 4.23. The molecule has 6 heteroatoms. The minimum Gasteiger partial charge on any atom is -0.378 e. The van der Waals surface area contributed by atoms with Gasteiger partial charge >= 0.3 is 0 Å². The Morgan fingerprint density at radius 3 is 2.83 bits per heavy atom. The van der Waals surface area contributed by atoms with Crippen molar-refractivity contribution in [3.63, 3.8) is 0 Å².